The Labute approximate surface area is 132 Å². The molecule has 4 rings (SSSR count). The minimum absolute atomic E-state index is 0.0889. The van der Waals surface area contributed by atoms with Crippen LogP contribution >= 0.6 is 11.3 Å². The Kier molecular flexibility index (Phi) is 3.35. The number of nitrogens with one attached hydrogen (secondary N) is 2. The van der Waals surface area contributed by atoms with Crippen LogP contribution in [0.15, 0.2) is 30.5 Å². The molecule has 0 spiro atoms. The fourth-order valence-electron chi connectivity index (χ4n) is 3.41. The number of aromatic nitrogens is 1. The summed E-state index contributed by atoms with van der Waals surface area (Å²) in [6, 6.07) is 7.82. The second-order valence-electron chi connectivity index (χ2n) is 6.00. The van der Waals surface area contributed by atoms with E-state index in [0.717, 1.165) is 29.8 Å². The number of carbonyl (C=O) groups is 1. The quantitative estimate of drug-likeness (QED) is 0.810. The highest BCUT2D eigenvalue weighted by molar-refractivity contribution is 7.17. The number of phenols is 1. The normalized spacial score (nSPS) is 26.3. The van der Waals surface area contributed by atoms with E-state index < -0.39 is 0 Å². The number of rotatable bonds is 3. The van der Waals surface area contributed by atoms with E-state index >= 15 is 0 Å². The molecule has 22 heavy (non-hydrogen) atoms. The van der Waals surface area contributed by atoms with Crippen LogP contribution in [0.5, 0.6) is 5.75 Å². The van der Waals surface area contributed by atoms with Crippen LogP contribution < -0.4 is 10.6 Å². The number of hydrogen-bond acceptors (Lipinski definition) is 5. The van der Waals surface area contributed by atoms with Gasteiger partial charge in [-0.2, -0.15) is 0 Å². The lowest BCUT2D eigenvalue weighted by molar-refractivity contribution is 0.0924. The Hall–Kier alpha value is -1.92. The molecule has 1 saturated carbocycles. The highest BCUT2D eigenvalue weighted by Crippen LogP contribution is 2.32. The van der Waals surface area contributed by atoms with Crippen LogP contribution in [0.2, 0.25) is 0 Å². The Morgan fingerprint density at radius 2 is 2.32 bits per heavy atom. The second-order valence-corrected chi connectivity index (χ2v) is 7.03. The van der Waals surface area contributed by atoms with Crippen molar-refractivity contribution < 1.29 is 9.90 Å². The van der Waals surface area contributed by atoms with Gasteiger partial charge in [0, 0.05) is 24.8 Å². The number of aromatic hydroxyl groups is 1. The zero-order valence-electron chi connectivity index (χ0n) is 12.0. The molecular weight excluding hydrogens is 298 g/mol. The molecule has 0 radical (unpaired) electrons. The van der Waals surface area contributed by atoms with Crippen molar-refractivity contribution in [3.8, 4) is 16.2 Å². The molecule has 3 N–H and O–H groups in total. The standard InChI is InChI=1S/C16H17N3O2S/c20-12-3-1-2-9(5-12)14-8-18-16(22-14)15(21)19-13-6-11-4-10(13)7-17-11/h1-3,5,8,10-11,13,17,20H,4,6-7H2,(H,19,21). The fourth-order valence-corrected chi connectivity index (χ4v) is 4.23. The molecule has 3 unspecified atom stereocenters. The van der Waals surface area contributed by atoms with E-state index in [0.29, 0.717) is 17.0 Å². The highest BCUT2D eigenvalue weighted by atomic mass is 32.1. The van der Waals surface area contributed by atoms with E-state index in [9.17, 15) is 9.90 Å². The third kappa shape index (κ3) is 2.48. The molecule has 2 fully saturated rings. The Balaban J connectivity index is 1.48. The molecule has 1 aliphatic heterocycles. The van der Waals surface area contributed by atoms with Crippen LogP contribution in [0.4, 0.5) is 0 Å². The van der Waals surface area contributed by atoms with Crippen molar-refractivity contribution in [1.29, 1.82) is 0 Å². The summed E-state index contributed by atoms with van der Waals surface area (Å²) in [7, 11) is 0. The zero-order chi connectivity index (χ0) is 15.1. The molecule has 2 bridgehead atoms. The van der Waals surface area contributed by atoms with Crippen LogP contribution in [0.25, 0.3) is 10.4 Å². The van der Waals surface area contributed by atoms with Crippen molar-refractivity contribution in [2.75, 3.05) is 6.54 Å². The molecule has 2 heterocycles. The van der Waals surface area contributed by atoms with Crippen molar-refractivity contribution in [2.45, 2.75) is 24.9 Å². The molecule has 1 aromatic heterocycles. The average Bonchev–Trinajstić information content (AvgIpc) is 3.23. The van der Waals surface area contributed by atoms with E-state index in [2.05, 4.69) is 15.6 Å². The number of amides is 1. The van der Waals surface area contributed by atoms with Gasteiger partial charge in [0.15, 0.2) is 5.01 Å². The third-order valence-corrected chi connectivity index (χ3v) is 5.56. The first-order chi connectivity index (χ1) is 10.7. The van der Waals surface area contributed by atoms with Crippen molar-refractivity contribution >= 4 is 17.2 Å². The molecule has 2 aliphatic rings. The molecule has 114 valence electrons. The first-order valence-electron chi connectivity index (χ1n) is 7.48. The smallest absolute Gasteiger partial charge is 0.280 e. The van der Waals surface area contributed by atoms with Gasteiger partial charge in [0.25, 0.3) is 5.91 Å². The van der Waals surface area contributed by atoms with Crippen LogP contribution in [0, 0.1) is 5.92 Å². The summed E-state index contributed by atoms with van der Waals surface area (Å²) in [6.45, 7) is 1.00. The highest BCUT2D eigenvalue weighted by Gasteiger charge is 2.40. The predicted molar refractivity (Wildman–Crippen MR) is 85.0 cm³/mol. The number of piperidine rings is 1. The second kappa shape index (κ2) is 5.37. The predicted octanol–water partition coefficient (Wildman–Crippen LogP) is 2.00. The Morgan fingerprint density at radius 3 is 3.05 bits per heavy atom. The lowest BCUT2D eigenvalue weighted by Gasteiger charge is -2.22. The number of phenolic OH excluding ortho intramolecular Hbond substituents is 1. The van der Waals surface area contributed by atoms with Gasteiger partial charge < -0.3 is 15.7 Å². The molecule has 2 aromatic rings. The molecule has 3 atom stereocenters. The van der Waals surface area contributed by atoms with Gasteiger partial charge >= 0.3 is 0 Å². The lowest BCUT2D eigenvalue weighted by Crippen LogP contribution is -2.44. The third-order valence-electron chi connectivity index (χ3n) is 4.51. The first-order valence-corrected chi connectivity index (χ1v) is 8.30. The van der Waals surface area contributed by atoms with Gasteiger partial charge in [-0.3, -0.25) is 4.79 Å². The molecule has 5 nitrogen and oxygen atoms in total. The van der Waals surface area contributed by atoms with Crippen LogP contribution in [0.1, 0.15) is 22.6 Å². The number of hydrogen-bond donors (Lipinski definition) is 3. The number of nitrogens with zero attached hydrogens (tertiary/aromatic N) is 1. The average molecular weight is 315 g/mol. The summed E-state index contributed by atoms with van der Waals surface area (Å²) in [5.41, 5.74) is 0.876. The summed E-state index contributed by atoms with van der Waals surface area (Å²) in [6.07, 6.45) is 3.87. The van der Waals surface area contributed by atoms with E-state index in [-0.39, 0.29) is 17.7 Å². The molecule has 1 aliphatic carbocycles. The van der Waals surface area contributed by atoms with Crippen LogP contribution in [-0.4, -0.2) is 34.6 Å². The maximum absolute atomic E-state index is 12.4. The molecule has 1 aromatic carbocycles. The molecule has 1 amide bonds. The maximum Gasteiger partial charge on any atom is 0.280 e. The maximum atomic E-state index is 12.4. The van der Waals surface area contributed by atoms with Crippen molar-refractivity contribution in [3.63, 3.8) is 0 Å². The van der Waals surface area contributed by atoms with Crippen LogP contribution in [-0.2, 0) is 0 Å². The Morgan fingerprint density at radius 1 is 1.41 bits per heavy atom. The van der Waals surface area contributed by atoms with E-state index in [1.54, 1.807) is 24.4 Å². The van der Waals surface area contributed by atoms with E-state index in [4.69, 9.17) is 0 Å². The number of carbonyl (C=O) groups excluding carboxylic acids is 1. The van der Waals surface area contributed by atoms with Gasteiger partial charge in [0.2, 0.25) is 0 Å². The van der Waals surface area contributed by atoms with Crippen molar-refractivity contribution in [3.05, 3.63) is 35.5 Å². The SMILES string of the molecule is O=C(NC1CC2CC1CN2)c1ncc(-c2cccc(O)c2)s1. The van der Waals surface area contributed by atoms with Gasteiger partial charge in [-0.1, -0.05) is 12.1 Å². The monoisotopic (exact) mass is 315 g/mol. The lowest BCUT2D eigenvalue weighted by atomic mass is 10.0. The van der Waals surface area contributed by atoms with Gasteiger partial charge in [-0.05, 0) is 36.5 Å². The first kappa shape index (κ1) is 13.7. The zero-order valence-corrected chi connectivity index (χ0v) is 12.8. The summed E-state index contributed by atoms with van der Waals surface area (Å²) < 4.78 is 0. The van der Waals surface area contributed by atoms with E-state index in [1.165, 1.54) is 11.3 Å². The molecule has 1 saturated heterocycles. The number of fused-ring (bicyclic) bond motifs is 2. The van der Waals surface area contributed by atoms with Gasteiger partial charge in [-0.15, -0.1) is 11.3 Å². The summed E-state index contributed by atoms with van der Waals surface area (Å²) >= 11 is 1.36. The minimum Gasteiger partial charge on any atom is -0.508 e. The van der Waals surface area contributed by atoms with Gasteiger partial charge in [0.05, 0.1) is 4.88 Å². The largest absolute Gasteiger partial charge is 0.508 e. The topological polar surface area (TPSA) is 74.2 Å². The van der Waals surface area contributed by atoms with Crippen molar-refractivity contribution in [1.82, 2.24) is 15.6 Å². The van der Waals surface area contributed by atoms with Gasteiger partial charge in [-0.25, -0.2) is 4.98 Å². The fraction of sp³-hybridized carbons (Fsp3) is 0.375. The molecular formula is C16H17N3O2S. The summed E-state index contributed by atoms with van der Waals surface area (Å²) in [4.78, 5) is 17.5. The van der Waals surface area contributed by atoms with E-state index in [1.807, 2.05) is 6.07 Å². The van der Waals surface area contributed by atoms with Crippen LogP contribution in [0.3, 0.4) is 0 Å². The number of benzene rings is 1. The Bertz CT molecular complexity index is 715. The molecule has 6 heteroatoms. The summed E-state index contributed by atoms with van der Waals surface area (Å²) in [5, 5.41) is 16.6. The number of thiazole rings is 1. The summed E-state index contributed by atoms with van der Waals surface area (Å²) in [5.74, 6) is 0.680. The van der Waals surface area contributed by atoms with Gasteiger partial charge in [0.1, 0.15) is 5.75 Å². The van der Waals surface area contributed by atoms with Crippen molar-refractivity contribution in [2.24, 2.45) is 5.92 Å². The minimum atomic E-state index is -0.0889.